The van der Waals surface area contributed by atoms with Crippen molar-refractivity contribution < 1.29 is 23.9 Å². The summed E-state index contributed by atoms with van der Waals surface area (Å²) < 4.78 is 16.2. The van der Waals surface area contributed by atoms with Gasteiger partial charge in [-0.05, 0) is 29.1 Å². The maximum absolute atomic E-state index is 12.1. The van der Waals surface area contributed by atoms with Crippen LogP contribution >= 0.6 is 11.3 Å². The average Bonchev–Trinajstić information content (AvgIpc) is 3.10. The summed E-state index contributed by atoms with van der Waals surface area (Å²) in [7, 11) is 0. The number of rotatable bonds is 4. The molecule has 0 bridgehead atoms. The Morgan fingerprint density at radius 1 is 1.30 bits per heavy atom. The molecule has 1 aromatic carbocycles. The van der Waals surface area contributed by atoms with E-state index in [-0.39, 0.29) is 19.1 Å². The highest BCUT2D eigenvalue weighted by Crippen LogP contribution is 2.29. The number of nitro benzene ring substituents is 1. The third-order valence-corrected chi connectivity index (χ3v) is 4.21. The van der Waals surface area contributed by atoms with Crippen LogP contribution in [0.4, 0.5) is 5.69 Å². The van der Waals surface area contributed by atoms with Crippen LogP contribution in [0.2, 0.25) is 0 Å². The molecule has 0 N–H and O–H groups in total. The van der Waals surface area contributed by atoms with Crippen molar-refractivity contribution in [2.45, 2.75) is 12.2 Å². The van der Waals surface area contributed by atoms with Crippen molar-refractivity contribution in [3.63, 3.8) is 0 Å². The van der Waals surface area contributed by atoms with E-state index in [9.17, 15) is 14.9 Å². The molecule has 0 amide bonds. The molecule has 0 spiro atoms. The van der Waals surface area contributed by atoms with Crippen molar-refractivity contribution in [1.29, 1.82) is 0 Å². The van der Waals surface area contributed by atoms with Gasteiger partial charge in [-0.15, -0.1) is 11.3 Å². The second-order valence-corrected chi connectivity index (χ2v) is 5.79. The lowest BCUT2D eigenvalue weighted by atomic mass is 10.0. The molecule has 8 heteroatoms. The fourth-order valence-electron chi connectivity index (χ4n) is 2.26. The van der Waals surface area contributed by atoms with Crippen molar-refractivity contribution in [2.75, 3.05) is 13.4 Å². The largest absolute Gasteiger partial charge is 0.453 e. The van der Waals surface area contributed by atoms with Gasteiger partial charge in [-0.2, -0.15) is 0 Å². The molecule has 1 aliphatic rings. The number of ether oxygens (including phenoxy) is 3. The number of hydrogen-bond acceptors (Lipinski definition) is 7. The Labute approximate surface area is 135 Å². The van der Waals surface area contributed by atoms with Crippen molar-refractivity contribution in [3.8, 4) is 0 Å². The van der Waals surface area contributed by atoms with E-state index >= 15 is 0 Å². The van der Waals surface area contributed by atoms with Crippen LogP contribution < -0.4 is 0 Å². The predicted octanol–water partition coefficient (Wildman–Crippen LogP) is 2.93. The van der Waals surface area contributed by atoms with Crippen molar-refractivity contribution in [1.82, 2.24) is 0 Å². The van der Waals surface area contributed by atoms with Gasteiger partial charge in [0.25, 0.3) is 5.69 Å². The van der Waals surface area contributed by atoms with E-state index < -0.39 is 23.1 Å². The molecule has 0 unspecified atom stereocenters. The summed E-state index contributed by atoms with van der Waals surface area (Å²) in [5.74, 6) is -0.439. The van der Waals surface area contributed by atoms with E-state index in [1.807, 2.05) is 0 Å². The first-order chi connectivity index (χ1) is 11.1. The highest BCUT2D eigenvalue weighted by atomic mass is 32.1. The topological polar surface area (TPSA) is 87.9 Å². The SMILES string of the molecule is O=C(O[C@@H]1COCO[C@H]1c1ccc([N+](=O)[O-])cc1)c1cccs1. The van der Waals surface area contributed by atoms with Crippen molar-refractivity contribution in [2.24, 2.45) is 0 Å². The summed E-state index contributed by atoms with van der Waals surface area (Å²) in [6, 6.07) is 9.43. The Bertz CT molecular complexity index is 685. The van der Waals surface area contributed by atoms with Gasteiger partial charge in [0.05, 0.1) is 11.5 Å². The van der Waals surface area contributed by atoms with E-state index in [1.165, 1.54) is 23.5 Å². The molecular weight excluding hydrogens is 322 g/mol. The number of nitrogens with zero attached hydrogens (tertiary/aromatic N) is 1. The Kier molecular flexibility index (Phi) is 4.65. The number of thiophene rings is 1. The zero-order valence-electron chi connectivity index (χ0n) is 11.9. The number of hydrogen-bond donors (Lipinski definition) is 0. The predicted molar refractivity (Wildman–Crippen MR) is 81.3 cm³/mol. The second kappa shape index (κ2) is 6.86. The fraction of sp³-hybridized carbons (Fsp3) is 0.267. The summed E-state index contributed by atoms with van der Waals surface area (Å²) in [6.07, 6.45) is -1.13. The molecule has 0 aliphatic carbocycles. The first-order valence-corrected chi connectivity index (χ1v) is 7.71. The van der Waals surface area contributed by atoms with E-state index in [2.05, 4.69) is 0 Å². The summed E-state index contributed by atoms with van der Waals surface area (Å²) >= 11 is 1.29. The van der Waals surface area contributed by atoms with E-state index in [4.69, 9.17) is 14.2 Å². The summed E-state index contributed by atoms with van der Waals surface area (Å²) in [5.41, 5.74) is 0.691. The van der Waals surface area contributed by atoms with Crippen LogP contribution in [0.1, 0.15) is 21.3 Å². The standard InChI is InChI=1S/C15H13NO6S/c17-15(13-2-1-7-23-13)22-12-8-20-9-21-14(12)10-3-5-11(6-4-10)16(18)19/h1-7,12,14H,8-9H2/t12-,14+/m1/s1. The molecule has 0 saturated carbocycles. The lowest BCUT2D eigenvalue weighted by molar-refractivity contribution is -0.384. The van der Waals surface area contributed by atoms with Gasteiger partial charge < -0.3 is 14.2 Å². The van der Waals surface area contributed by atoms with Gasteiger partial charge in [0.1, 0.15) is 17.8 Å². The molecule has 0 radical (unpaired) electrons. The van der Waals surface area contributed by atoms with E-state index in [0.29, 0.717) is 10.4 Å². The molecular formula is C15H13NO6S. The molecule has 7 nitrogen and oxygen atoms in total. The number of carbonyl (C=O) groups excluding carboxylic acids is 1. The summed E-state index contributed by atoms with van der Waals surface area (Å²) in [5, 5.41) is 12.5. The number of nitro groups is 1. The molecule has 1 fully saturated rings. The smallest absolute Gasteiger partial charge is 0.348 e. The summed E-state index contributed by atoms with van der Waals surface area (Å²) in [4.78, 5) is 22.8. The normalized spacial score (nSPS) is 20.9. The second-order valence-electron chi connectivity index (χ2n) is 4.85. The Balaban J connectivity index is 1.75. The third kappa shape index (κ3) is 3.55. The van der Waals surface area contributed by atoms with E-state index in [0.717, 1.165) is 0 Å². The van der Waals surface area contributed by atoms with Crippen LogP contribution in [0.25, 0.3) is 0 Å². The van der Waals surface area contributed by atoms with Crippen LogP contribution in [0.3, 0.4) is 0 Å². The number of carbonyl (C=O) groups is 1. The highest BCUT2D eigenvalue weighted by Gasteiger charge is 2.32. The molecule has 2 heterocycles. The van der Waals surface area contributed by atoms with Crippen LogP contribution in [0, 0.1) is 10.1 Å². The molecule has 1 aromatic heterocycles. The minimum absolute atomic E-state index is 0.00654. The van der Waals surface area contributed by atoms with Crippen LogP contribution in [-0.2, 0) is 14.2 Å². The molecule has 2 atom stereocenters. The number of non-ortho nitro benzene ring substituents is 1. The quantitative estimate of drug-likeness (QED) is 0.485. The van der Waals surface area contributed by atoms with Gasteiger partial charge in [-0.25, -0.2) is 4.79 Å². The van der Waals surface area contributed by atoms with Gasteiger partial charge in [-0.1, -0.05) is 6.07 Å². The lowest BCUT2D eigenvalue weighted by Gasteiger charge is -2.31. The Hall–Kier alpha value is -2.29. The van der Waals surface area contributed by atoms with Crippen LogP contribution in [0.15, 0.2) is 41.8 Å². The highest BCUT2D eigenvalue weighted by molar-refractivity contribution is 7.11. The third-order valence-electron chi connectivity index (χ3n) is 3.36. The van der Waals surface area contributed by atoms with Crippen molar-refractivity contribution >= 4 is 23.0 Å². The Morgan fingerprint density at radius 3 is 2.74 bits per heavy atom. The molecule has 1 aliphatic heterocycles. The lowest BCUT2D eigenvalue weighted by Crippen LogP contribution is -2.36. The molecule has 23 heavy (non-hydrogen) atoms. The zero-order chi connectivity index (χ0) is 16.2. The monoisotopic (exact) mass is 335 g/mol. The molecule has 120 valence electrons. The maximum atomic E-state index is 12.1. The number of esters is 1. The minimum atomic E-state index is -0.611. The number of benzene rings is 1. The van der Waals surface area contributed by atoms with E-state index in [1.54, 1.807) is 29.6 Å². The molecule has 1 saturated heterocycles. The molecule has 2 aromatic rings. The molecule has 3 rings (SSSR count). The van der Waals surface area contributed by atoms with Gasteiger partial charge in [0.15, 0.2) is 6.10 Å². The summed E-state index contributed by atoms with van der Waals surface area (Å²) in [6.45, 7) is 0.285. The minimum Gasteiger partial charge on any atom is -0.453 e. The average molecular weight is 335 g/mol. The van der Waals surface area contributed by atoms with Crippen molar-refractivity contribution in [3.05, 3.63) is 62.3 Å². The first-order valence-electron chi connectivity index (χ1n) is 6.83. The fourth-order valence-corrected chi connectivity index (χ4v) is 2.87. The van der Waals surface area contributed by atoms with Gasteiger partial charge in [0, 0.05) is 12.1 Å². The van der Waals surface area contributed by atoms with Crippen LogP contribution in [-0.4, -0.2) is 30.4 Å². The Morgan fingerprint density at radius 2 is 2.09 bits per heavy atom. The maximum Gasteiger partial charge on any atom is 0.348 e. The van der Waals surface area contributed by atoms with Gasteiger partial charge in [0.2, 0.25) is 0 Å². The van der Waals surface area contributed by atoms with Crippen LogP contribution in [0.5, 0.6) is 0 Å². The first kappa shape index (κ1) is 15.6. The van der Waals surface area contributed by atoms with Gasteiger partial charge >= 0.3 is 5.97 Å². The van der Waals surface area contributed by atoms with Gasteiger partial charge in [-0.3, -0.25) is 10.1 Å². The zero-order valence-corrected chi connectivity index (χ0v) is 12.7.